The number of aromatic nitrogens is 1. The van der Waals surface area contributed by atoms with Gasteiger partial charge in [0.15, 0.2) is 5.69 Å². The molecular weight excluding hydrogens is 356 g/mol. The van der Waals surface area contributed by atoms with Crippen molar-refractivity contribution in [3.05, 3.63) is 63.4 Å². The molecule has 1 aromatic carbocycles. The van der Waals surface area contributed by atoms with Gasteiger partial charge in [-0.25, -0.2) is 4.79 Å². The molecule has 0 aliphatic rings. The molecule has 0 atom stereocenters. The lowest BCUT2D eigenvalue weighted by Crippen LogP contribution is -2.15. The summed E-state index contributed by atoms with van der Waals surface area (Å²) < 4.78 is 38.3. The molecule has 2 rings (SSSR count). The van der Waals surface area contributed by atoms with Crippen molar-refractivity contribution in [2.24, 2.45) is 5.16 Å². The molecule has 2 aromatic rings. The number of benzene rings is 1. The van der Waals surface area contributed by atoms with Crippen LogP contribution in [0.2, 0.25) is 10.0 Å². The van der Waals surface area contributed by atoms with Gasteiger partial charge in [-0.1, -0.05) is 40.5 Å². The molecule has 9 heteroatoms. The van der Waals surface area contributed by atoms with E-state index in [1.807, 2.05) is 0 Å². The number of nitrogens with zero attached hydrogens (tertiary/aromatic N) is 2. The summed E-state index contributed by atoms with van der Waals surface area (Å²) in [5.74, 6) is -1.29. The van der Waals surface area contributed by atoms with Crippen LogP contribution in [-0.2, 0) is 11.0 Å². The Labute approximate surface area is 138 Å². The second-order valence-corrected chi connectivity index (χ2v) is 4.94. The third-order valence-electron chi connectivity index (χ3n) is 2.61. The predicted octanol–water partition coefficient (Wildman–Crippen LogP) is 4.60. The fourth-order valence-electron chi connectivity index (χ4n) is 1.60. The zero-order valence-electron chi connectivity index (χ0n) is 11.1. The Bertz CT molecular complexity index is 764. The van der Waals surface area contributed by atoms with E-state index in [1.54, 1.807) is 12.1 Å². The number of halogens is 5. The van der Waals surface area contributed by atoms with Crippen LogP contribution in [0.15, 0.2) is 41.7 Å². The summed E-state index contributed by atoms with van der Waals surface area (Å²) in [6, 6.07) is 6.79. The summed E-state index contributed by atoms with van der Waals surface area (Å²) in [6.07, 6.45) is -2.79. The first-order valence-corrected chi connectivity index (χ1v) is 6.77. The summed E-state index contributed by atoms with van der Waals surface area (Å²) >= 11 is 11.7. The second-order valence-electron chi connectivity index (χ2n) is 4.15. The third kappa shape index (κ3) is 4.20. The number of hydrogen-bond acceptors (Lipinski definition) is 4. The van der Waals surface area contributed by atoms with Crippen LogP contribution in [0, 0.1) is 0 Å². The second kappa shape index (κ2) is 6.97. The first-order chi connectivity index (χ1) is 10.8. The minimum absolute atomic E-state index is 0.173. The lowest BCUT2D eigenvalue weighted by Gasteiger charge is -2.08. The summed E-state index contributed by atoms with van der Waals surface area (Å²) in [6.45, 7) is 0. The molecule has 23 heavy (non-hydrogen) atoms. The van der Waals surface area contributed by atoms with Gasteiger partial charge in [-0.15, -0.1) is 0 Å². The fourth-order valence-corrected chi connectivity index (χ4v) is 1.95. The van der Waals surface area contributed by atoms with Gasteiger partial charge in [0, 0.05) is 11.8 Å². The van der Waals surface area contributed by atoms with E-state index in [1.165, 1.54) is 12.1 Å². The van der Waals surface area contributed by atoms with E-state index in [2.05, 4.69) is 15.0 Å². The molecule has 120 valence electrons. The number of carbonyl (C=O) groups excluding carboxylic acids is 1. The summed E-state index contributed by atoms with van der Waals surface area (Å²) in [5.41, 5.74) is -1.75. The average molecular weight is 363 g/mol. The van der Waals surface area contributed by atoms with Gasteiger partial charge >= 0.3 is 12.1 Å². The van der Waals surface area contributed by atoms with Crippen LogP contribution in [0.1, 0.15) is 21.6 Å². The van der Waals surface area contributed by atoms with Gasteiger partial charge in [0.2, 0.25) is 0 Å². The van der Waals surface area contributed by atoms with Crippen molar-refractivity contribution >= 4 is 35.4 Å². The van der Waals surface area contributed by atoms with Gasteiger partial charge in [-0.2, -0.15) is 13.2 Å². The molecule has 0 N–H and O–H groups in total. The molecule has 1 aromatic heterocycles. The van der Waals surface area contributed by atoms with Crippen molar-refractivity contribution in [3.8, 4) is 0 Å². The molecule has 0 spiro atoms. The van der Waals surface area contributed by atoms with E-state index in [4.69, 9.17) is 23.2 Å². The first-order valence-electron chi connectivity index (χ1n) is 6.01. The average Bonchev–Trinajstić information content (AvgIpc) is 2.50. The highest BCUT2D eigenvalue weighted by atomic mass is 35.5. The molecule has 0 amide bonds. The number of carbonyl (C=O) groups is 1. The van der Waals surface area contributed by atoms with Crippen molar-refractivity contribution in [2.45, 2.75) is 6.18 Å². The van der Waals surface area contributed by atoms with E-state index in [0.717, 1.165) is 18.5 Å². The summed E-state index contributed by atoms with van der Waals surface area (Å²) in [5, 5.41) is 3.76. The molecule has 0 saturated carbocycles. The number of pyridine rings is 1. The molecule has 0 radical (unpaired) electrons. The monoisotopic (exact) mass is 362 g/mol. The highest BCUT2D eigenvalue weighted by Crippen LogP contribution is 2.30. The van der Waals surface area contributed by atoms with E-state index in [-0.39, 0.29) is 10.0 Å². The van der Waals surface area contributed by atoms with E-state index in [0.29, 0.717) is 5.56 Å². The van der Waals surface area contributed by atoms with Gasteiger partial charge < -0.3 is 4.84 Å². The maximum atomic E-state index is 12.8. The molecule has 4 nitrogen and oxygen atoms in total. The van der Waals surface area contributed by atoms with Crippen molar-refractivity contribution in [1.29, 1.82) is 0 Å². The van der Waals surface area contributed by atoms with E-state index < -0.39 is 23.4 Å². The Morgan fingerprint density at radius 3 is 2.65 bits per heavy atom. The van der Waals surface area contributed by atoms with Crippen molar-refractivity contribution in [3.63, 3.8) is 0 Å². The zero-order valence-corrected chi connectivity index (χ0v) is 12.7. The Balaban J connectivity index is 2.18. The van der Waals surface area contributed by atoms with Crippen molar-refractivity contribution in [1.82, 2.24) is 4.98 Å². The zero-order chi connectivity index (χ0) is 17.0. The Kier molecular flexibility index (Phi) is 5.23. The van der Waals surface area contributed by atoms with Crippen LogP contribution in [0.5, 0.6) is 0 Å². The van der Waals surface area contributed by atoms with Gasteiger partial charge in [-0.3, -0.25) is 4.98 Å². The summed E-state index contributed by atoms with van der Waals surface area (Å²) in [4.78, 5) is 19.3. The van der Waals surface area contributed by atoms with Crippen LogP contribution < -0.4 is 0 Å². The standard InChI is InChI=1S/C14H7Cl2F3N2O2/c15-10-5-1-3-8(11(10)16)7-21-23-13(22)9-4-2-6-20-12(9)14(17,18)19/h1-7H. The number of rotatable bonds is 3. The van der Waals surface area contributed by atoms with Crippen LogP contribution in [0.25, 0.3) is 0 Å². The topological polar surface area (TPSA) is 51.5 Å². The first kappa shape index (κ1) is 17.2. The highest BCUT2D eigenvalue weighted by molar-refractivity contribution is 6.43. The van der Waals surface area contributed by atoms with Gasteiger partial charge in [0.05, 0.1) is 21.8 Å². The van der Waals surface area contributed by atoms with Crippen LogP contribution in [-0.4, -0.2) is 17.2 Å². The molecule has 0 aliphatic heterocycles. The lowest BCUT2D eigenvalue weighted by atomic mass is 10.2. The fraction of sp³-hybridized carbons (Fsp3) is 0.0714. The molecular formula is C14H7Cl2F3N2O2. The normalized spacial score (nSPS) is 11.7. The highest BCUT2D eigenvalue weighted by Gasteiger charge is 2.37. The molecule has 1 heterocycles. The number of alkyl halides is 3. The maximum Gasteiger partial charge on any atom is 0.434 e. The Hall–Kier alpha value is -2.12. The van der Waals surface area contributed by atoms with Crippen molar-refractivity contribution < 1.29 is 22.8 Å². The van der Waals surface area contributed by atoms with Gasteiger partial charge in [0.1, 0.15) is 0 Å². The largest absolute Gasteiger partial charge is 0.434 e. The molecule has 0 bridgehead atoms. The Morgan fingerprint density at radius 2 is 1.96 bits per heavy atom. The van der Waals surface area contributed by atoms with E-state index >= 15 is 0 Å². The lowest BCUT2D eigenvalue weighted by molar-refractivity contribution is -0.141. The molecule has 0 unspecified atom stereocenters. The number of oxime groups is 1. The minimum atomic E-state index is -4.78. The molecule has 0 aliphatic carbocycles. The van der Waals surface area contributed by atoms with Crippen LogP contribution in [0.3, 0.4) is 0 Å². The van der Waals surface area contributed by atoms with Gasteiger partial charge in [0.25, 0.3) is 0 Å². The van der Waals surface area contributed by atoms with Gasteiger partial charge in [-0.05, 0) is 18.2 Å². The Morgan fingerprint density at radius 1 is 1.22 bits per heavy atom. The van der Waals surface area contributed by atoms with Crippen LogP contribution >= 0.6 is 23.2 Å². The minimum Gasteiger partial charge on any atom is -0.313 e. The third-order valence-corrected chi connectivity index (χ3v) is 3.44. The SMILES string of the molecule is O=C(ON=Cc1cccc(Cl)c1Cl)c1cccnc1C(F)(F)F. The maximum absolute atomic E-state index is 12.8. The van der Waals surface area contributed by atoms with Crippen molar-refractivity contribution in [2.75, 3.05) is 0 Å². The molecule has 0 saturated heterocycles. The van der Waals surface area contributed by atoms with Crippen LogP contribution in [0.4, 0.5) is 13.2 Å². The van der Waals surface area contributed by atoms with E-state index in [9.17, 15) is 18.0 Å². The number of hydrogen-bond donors (Lipinski definition) is 0. The predicted molar refractivity (Wildman–Crippen MR) is 78.7 cm³/mol. The summed E-state index contributed by atoms with van der Waals surface area (Å²) in [7, 11) is 0. The molecule has 0 fully saturated rings. The smallest absolute Gasteiger partial charge is 0.313 e. The quantitative estimate of drug-likeness (QED) is 0.455.